The van der Waals surface area contributed by atoms with Gasteiger partial charge in [0.2, 0.25) is 5.91 Å². The van der Waals surface area contributed by atoms with Gasteiger partial charge < -0.3 is 20.4 Å². The van der Waals surface area contributed by atoms with Crippen LogP contribution in [0.2, 0.25) is 0 Å². The fourth-order valence-corrected chi connectivity index (χ4v) is 6.10. The van der Waals surface area contributed by atoms with Crippen LogP contribution in [0.5, 0.6) is 0 Å². The van der Waals surface area contributed by atoms with Gasteiger partial charge in [-0.25, -0.2) is 9.78 Å². The Morgan fingerprint density at radius 2 is 2.24 bits per heavy atom. The molecule has 3 aliphatic heterocycles. The number of aliphatic hydroxyl groups excluding tert-OH is 1. The number of carbonyl (C=O) groups excluding carboxylic acids is 1. The van der Waals surface area contributed by atoms with Gasteiger partial charge >= 0.3 is 5.97 Å². The van der Waals surface area contributed by atoms with Gasteiger partial charge in [0.15, 0.2) is 0 Å². The molecule has 1 aromatic heterocycles. The number of halogens is 1. The number of hydrogen-bond acceptors (Lipinski definition) is 7. The van der Waals surface area contributed by atoms with E-state index in [1.807, 2.05) is 6.92 Å². The predicted molar refractivity (Wildman–Crippen MR) is 109 cm³/mol. The maximum absolute atomic E-state index is 12.4. The van der Waals surface area contributed by atoms with E-state index in [9.17, 15) is 19.8 Å². The maximum atomic E-state index is 12.4. The Morgan fingerprint density at radius 3 is 2.86 bits per heavy atom. The average Bonchev–Trinajstić information content (AvgIpc) is 3.34. The molecule has 1 aromatic rings. The number of nitrogens with zero attached hydrogens (tertiary/aromatic N) is 4. The zero-order chi connectivity index (χ0) is 20.0. The quantitative estimate of drug-likeness (QED) is 0.527. The standard InChI is InChI=1S/C18H25N5O4S.ClH/c1-9-14-13(10(2)24)17(25)23(14)15(18(26)27)16(9)28-12-5-11(20-6-12)3-4-22-8-19-7-21-22;/h7-14,20,24H,3-6H2,1-2H3,(H,26,27);1H/t9-,10-,11-,12+,13-,14-;/m1./s1. The Bertz CT molecular complexity index is 802. The summed E-state index contributed by atoms with van der Waals surface area (Å²) in [5.74, 6) is -1.94. The van der Waals surface area contributed by atoms with E-state index in [4.69, 9.17) is 0 Å². The number of fused-ring (bicyclic) bond motifs is 1. The van der Waals surface area contributed by atoms with E-state index in [0.717, 1.165) is 30.8 Å². The fourth-order valence-electron chi connectivity index (χ4n) is 4.59. The van der Waals surface area contributed by atoms with Crippen LogP contribution in [0.1, 0.15) is 26.7 Å². The Labute approximate surface area is 179 Å². The largest absolute Gasteiger partial charge is 0.477 e. The van der Waals surface area contributed by atoms with Crippen LogP contribution in [-0.2, 0) is 16.1 Å². The summed E-state index contributed by atoms with van der Waals surface area (Å²) in [5.41, 5.74) is 0.107. The van der Waals surface area contributed by atoms with E-state index in [1.54, 1.807) is 29.7 Å². The molecule has 0 bridgehead atoms. The minimum atomic E-state index is -1.07. The normalized spacial score (nSPS) is 32.0. The molecule has 9 nitrogen and oxygen atoms in total. The molecular formula is C18H26ClN5O4S. The maximum Gasteiger partial charge on any atom is 0.353 e. The van der Waals surface area contributed by atoms with E-state index >= 15 is 0 Å². The Hall–Kier alpha value is -1.62. The molecule has 29 heavy (non-hydrogen) atoms. The highest BCUT2D eigenvalue weighted by molar-refractivity contribution is 8.03. The molecule has 4 rings (SSSR count). The number of aryl methyl sites for hydroxylation is 1. The van der Waals surface area contributed by atoms with Gasteiger partial charge in [-0.2, -0.15) is 5.10 Å². The molecule has 1 amide bonds. The van der Waals surface area contributed by atoms with Crippen molar-refractivity contribution in [1.29, 1.82) is 0 Å². The third-order valence-corrected chi connectivity index (χ3v) is 7.47. The van der Waals surface area contributed by atoms with Gasteiger partial charge in [-0.3, -0.25) is 9.48 Å². The van der Waals surface area contributed by atoms with E-state index in [-0.39, 0.29) is 41.2 Å². The molecule has 6 atom stereocenters. The number of nitrogens with one attached hydrogen (secondary N) is 1. The number of carbonyl (C=O) groups is 2. The smallest absolute Gasteiger partial charge is 0.353 e. The molecule has 11 heteroatoms. The number of aromatic nitrogens is 3. The lowest BCUT2D eigenvalue weighted by Gasteiger charge is -2.46. The van der Waals surface area contributed by atoms with Crippen molar-refractivity contribution in [3.05, 3.63) is 23.3 Å². The molecular weight excluding hydrogens is 418 g/mol. The molecule has 0 saturated carbocycles. The van der Waals surface area contributed by atoms with Crippen LogP contribution in [0, 0.1) is 11.8 Å². The second-order valence-corrected chi connectivity index (χ2v) is 9.14. The second kappa shape index (κ2) is 8.63. The lowest BCUT2D eigenvalue weighted by atomic mass is 9.79. The van der Waals surface area contributed by atoms with Crippen molar-refractivity contribution in [3.8, 4) is 0 Å². The summed E-state index contributed by atoms with van der Waals surface area (Å²) >= 11 is 1.58. The summed E-state index contributed by atoms with van der Waals surface area (Å²) < 4.78 is 1.80. The van der Waals surface area contributed by atoms with Gasteiger partial charge in [0.1, 0.15) is 18.4 Å². The zero-order valence-electron chi connectivity index (χ0n) is 16.3. The summed E-state index contributed by atoms with van der Waals surface area (Å²) in [6.45, 7) is 5.14. The number of hydrogen-bond donors (Lipinski definition) is 3. The van der Waals surface area contributed by atoms with Crippen LogP contribution in [0.4, 0.5) is 0 Å². The van der Waals surface area contributed by atoms with Crippen molar-refractivity contribution in [2.24, 2.45) is 11.8 Å². The number of aliphatic carboxylic acids is 1. The van der Waals surface area contributed by atoms with Gasteiger partial charge in [-0.1, -0.05) is 6.92 Å². The first-order valence-electron chi connectivity index (χ1n) is 9.59. The predicted octanol–water partition coefficient (Wildman–Crippen LogP) is 0.707. The van der Waals surface area contributed by atoms with Gasteiger partial charge in [0.05, 0.1) is 18.1 Å². The van der Waals surface area contributed by atoms with E-state index in [1.165, 1.54) is 11.2 Å². The number of β-lactam (4-membered cyclic amide) rings is 1. The molecule has 4 heterocycles. The fraction of sp³-hybridized carbons (Fsp3) is 0.667. The first-order chi connectivity index (χ1) is 13.4. The van der Waals surface area contributed by atoms with Crippen LogP contribution >= 0.6 is 24.2 Å². The van der Waals surface area contributed by atoms with Crippen molar-refractivity contribution in [3.63, 3.8) is 0 Å². The van der Waals surface area contributed by atoms with Gasteiger partial charge in [-0.15, -0.1) is 24.2 Å². The Kier molecular flexibility index (Phi) is 6.57. The molecule has 0 unspecified atom stereocenters. The van der Waals surface area contributed by atoms with E-state index in [2.05, 4.69) is 15.4 Å². The van der Waals surface area contributed by atoms with E-state index < -0.39 is 18.0 Å². The Balaban J connectivity index is 0.00000240. The van der Waals surface area contributed by atoms with Crippen molar-refractivity contribution < 1.29 is 19.8 Å². The summed E-state index contributed by atoms with van der Waals surface area (Å²) in [7, 11) is 0. The molecule has 2 saturated heterocycles. The number of amides is 1. The zero-order valence-corrected chi connectivity index (χ0v) is 17.9. The van der Waals surface area contributed by atoms with Crippen molar-refractivity contribution in [2.45, 2.75) is 56.7 Å². The molecule has 3 aliphatic rings. The van der Waals surface area contributed by atoms with Gasteiger partial charge in [0.25, 0.3) is 0 Å². The van der Waals surface area contributed by atoms with Crippen molar-refractivity contribution in [1.82, 2.24) is 25.0 Å². The number of aliphatic hydroxyl groups is 1. The first-order valence-corrected chi connectivity index (χ1v) is 10.5. The minimum absolute atomic E-state index is 0. The summed E-state index contributed by atoms with van der Waals surface area (Å²) in [6, 6.07) is 0.0923. The highest BCUT2D eigenvalue weighted by Gasteiger charge is 2.60. The highest BCUT2D eigenvalue weighted by atomic mass is 35.5. The lowest BCUT2D eigenvalue weighted by molar-refractivity contribution is -0.163. The summed E-state index contributed by atoms with van der Waals surface area (Å²) in [4.78, 5) is 30.4. The van der Waals surface area contributed by atoms with Crippen molar-refractivity contribution in [2.75, 3.05) is 6.54 Å². The van der Waals surface area contributed by atoms with Gasteiger partial charge in [0, 0.05) is 35.2 Å². The second-order valence-electron chi connectivity index (χ2n) is 7.80. The highest BCUT2D eigenvalue weighted by Crippen LogP contribution is 2.51. The number of thioether (sulfide) groups is 1. The van der Waals surface area contributed by atoms with Crippen LogP contribution in [0.15, 0.2) is 23.3 Å². The molecule has 0 spiro atoms. The molecule has 0 aliphatic carbocycles. The van der Waals surface area contributed by atoms with Crippen LogP contribution in [-0.4, -0.2) is 71.7 Å². The monoisotopic (exact) mass is 443 g/mol. The summed E-state index contributed by atoms with van der Waals surface area (Å²) in [5, 5.41) is 27.5. The molecule has 160 valence electrons. The first kappa shape index (κ1) is 22.1. The third-order valence-electron chi connectivity index (χ3n) is 5.96. The van der Waals surface area contributed by atoms with Gasteiger partial charge in [-0.05, 0) is 19.8 Å². The third kappa shape index (κ3) is 3.90. The molecule has 2 fully saturated rings. The summed E-state index contributed by atoms with van der Waals surface area (Å²) in [6.07, 6.45) is 4.31. The van der Waals surface area contributed by atoms with Crippen LogP contribution < -0.4 is 5.32 Å². The van der Waals surface area contributed by atoms with Crippen LogP contribution in [0.25, 0.3) is 0 Å². The lowest BCUT2D eigenvalue weighted by Crippen LogP contribution is -2.63. The number of carboxylic acid groups (broad SMARTS) is 1. The molecule has 3 N–H and O–H groups in total. The van der Waals surface area contributed by atoms with E-state index in [0.29, 0.717) is 6.04 Å². The molecule has 0 radical (unpaired) electrons. The van der Waals surface area contributed by atoms with Crippen LogP contribution in [0.3, 0.4) is 0 Å². The minimum Gasteiger partial charge on any atom is -0.477 e. The molecule has 0 aromatic carbocycles. The average molecular weight is 444 g/mol. The Morgan fingerprint density at radius 1 is 1.48 bits per heavy atom. The van der Waals surface area contributed by atoms with Crippen molar-refractivity contribution >= 4 is 36.0 Å². The number of rotatable bonds is 7. The topological polar surface area (TPSA) is 121 Å². The number of carboxylic acids is 1. The SMILES string of the molecule is C[C@@H](O)[C@H]1C(=O)N2C(C(=O)O)=C(S[C@@H]3CN[C@H](CCn4cncn4)C3)[C@H](C)[C@H]12.Cl.